The van der Waals surface area contributed by atoms with Crippen molar-refractivity contribution in [1.82, 2.24) is 0 Å². The van der Waals surface area contributed by atoms with Gasteiger partial charge in [-0.05, 0) is 0 Å². The molecule has 15 heavy (non-hydrogen) atoms. The topological polar surface area (TPSA) is 0 Å². The van der Waals surface area contributed by atoms with E-state index in [0.29, 0.717) is 0 Å². The van der Waals surface area contributed by atoms with E-state index >= 15 is 0 Å². The van der Waals surface area contributed by atoms with Crippen LogP contribution in [0.2, 0.25) is 6.04 Å². The summed E-state index contributed by atoms with van der Waals surface area (Å²) in [5, 5.41) is 1.63. The Hall–Kier alpha value is -0.563. The third kappa shape index (κ3) is 6.51. The molecule has 1 aromatic carbocycles. The van der Waals surface area contributed by atoms with Gasteiger partial charge in [0.2, 0.25) is 0 Å². The Labute approximate surface area is 96.9 Å². The number of benzene rings is 1. The highest BCUT2D eigenvalue weighted by Gasteiger charge is 1.93. The average molecular weight is 220 g/mol. The lowest BCUT2D eigenvalue weighted by molar-refractivity contribution is 0.624. The van der Waals surface area contributed by atoms with Gasteiger partial charge in [0.1, 0.15) is 0 Å². The van der Waals surface area contributed by atoms with E-state index in [9.17, 15) is 0 Å². The van der Waals surface area contributed by atoms with Gasteiger partial charge in [0.15, 0.2) is 0 Å². The highest BCUT2D eigenvalue weighted by atomic mass is 28.2. The number of hydrogen-bond acceptors (Lipinski definition) is 0. The molecule has 0 unspecified atom stereocenters. The molecule has 0 aromatic heterocycles. The van der Waals surface area contributed by atoms with Crippen LogP contribution < -0.4 is 5.19 Å². The van der Waals surface area contributed by atoms with Crippen LogP contribution in [0.15, 0.2) is 30.3 Å². The van der Waals surface area contributed by atoms with Crippen LogP contribution in [0, 0.1) is 0 Å². The lowest BCUT2D eigenvalue weighted by Crippen LogP contribution is -2.12. The molecule has 0 aliphatic carbocycles. The summed E-state index contributed by atoms with van der Waals surface area (Å²) in [6.45, 7) is 2.28. The second-order valence-corrected chi connectivity index (χ2v) is 6.38. The van der Waals surface area contributed by atoms with Gasteiger partial charge >= 0.3 is 0 Å². The van der Waals surface area contributed by atoms with Crippen LogP contribution in [0.1, 0.15) is 45.4 Å². The fourth-order valence-corrected chi connectivity index (χ4v) is 3.55. The summed E-state index contributed by atoms with van der Waals surface area (Å²) in [5.74, 6) is 0. The van der Waals surface area contributed by atoms with Crippen LogP contribution in [0.25, 0.3) is 0 Å². The Bertz CT molecular complexity index is 230. The zero-order chi connectivity index (χ0) is 10.8. The van der Waals surface area contributed by atoms with E-state index in [2.05, 4.69) is 37.3 Å². The SMILES string of the molecule is CCCCCCCC[SiH2]c1ccccc1. The first-order chi connectivity index (χ1) is 7.43. The molecule has 1 aromatic rings. The van der Waals surface area contributed by atoms with Crippen molar-refractivity contribution in [3.05, 3.63) is 30.3 Å². The van der Waals surface area contributed by atoms with Crippen LogP contribution in [0.3, 0.4) is 0 Å². The van der Waals surface area contributed by atoms with E-state index in [4.69, 9.17) is 0 Å². The van der Waals surface area contributed by atoms with Crippen molar-refractivity contribution >= 4 is 14.7 Å². The standard InChI is InChI=1S/C14H24Si/c1-2-3-4-5-6-10-13-15-14-11-8-7-9-12-14/h7-9,11-12H,2-6,10,13,15H2,1H3. The van der Waals surface area contributed by atoms with E-state index < -0.39 is 0 Å². The summed E-state index contributed by atoms with van der Waals surface area (Å²) in [5.41, 5.74) is 0. The maximum Gasteiger partial charge on any atom is 0.0547 e. The van der Waals surface area contributed by atoms with Crippen LogP contribution in [0.5, 0.6) is 0 Å². The molecule has 0 amide bonds. The Morgan fingerprint density at radius 1 is 0.867 bits per heavy atom. The van der Waals surface area contributed by atoms with E-state index in [1.807, 2.05) is 0 Å². The summed E-state index contributed by atoms with van der Waals surface area (Å²) in [4.78, 5) is 0. The number of rotatable bonds is 8. The molecule has 0 spiro atoms. The Morgan fingerprint density at radius 3 is 2.27 bits per heavy atom. The van der Waals surface area contributed by atoms with Crippen molar-refractivity contribution in [3.63, 3.8) is 0 Å². The maximum absolute atomic E-state index is 2.29. The molecule has 0 nitrogen and oxygen atoms in total. The van der Waals surface area contributed by atoms with Gasteiger partial charge in [-0.15, -0.1) is 0 Å². The smallest absolute Gasteiger partial charge is 0.0547 e. The minimum Gasteiger partial charge on any atom is -0.0669 e. The fourth-order valence-electron chi connectivity index (χ4n) is 1.93. The average Bonchev–Trinajstić information content (AvgIpc) is 2.29. The first-order valence-corrected chi connectivity index (χ1v) is 8.18. The van der Waals surface area contributed by atoms with Gasteiger partial charge in [-0.3, -0.25) is 0 Å². The first kappa shape index (κ1) is 12.5. The van der Waals surface area contributed by atoms with E-state index in [-0.39, 0.29) is 9.52 Å². The molecule has 0 heterocycles. The minimum atomic E-state index is 0.0491. The molecule has 0 atom stereocenters. The molecular weight excluding hydrogens is 196 g/mol. The Kier molecular flexibility index (Phi) is 7.27. The van der Waals surface area contributed by atoms with Crippen molar-refractivity contribution in [2.24, 2.45) is 0 Å². The predicted molar refractivity (Wildman–Crippen MR) is 72.8 cm³/mol. The minimum absolute atomic E-state index is 0.0491. The second kappa shape index (κ2) is 8.72. The molecule has 84 valence electrons. The summed E-state index contributed by atoms with van der Waals surface area (Å²) in [6, 6.07) is 12.5. The van der Waals surface area contributed by atoms with Crippen LogP contribution >= 0.6 is 0 Å². The van der Waals surface area contributed by atoms with Gasteiger partial charge in [0.05, 0.1) is 9.52 Å². The van der Waals surface area contributed by atoms with Crippen LogP contribution in [-0.2, 0) is 0 Å². The summed E-state index contributed by atoms with van der Waals surface area (Å²) in [7, 11) is 0.0491. The highest BCUT2D eigenvalue weighted by molar-refractivity contribution is 6.53. The quantitative estimate of drug-likeness (QED) is 0.466. The first-order valence-electron chi connectivity index (χ1n) is 6.47. The zero-order valence-corrected chi connectivity index (χ0v) is 11.5. The lowest BCUT2D eigenvalue weighted by Gasteiger charge is -2.01. The second-order valence-electron chi connectivity index (χ2n) is 4.36. The van der Waals surface area contributed by atoms with Crippen molar-refractivity contribution in [1.29, 1.82) is 0 Å². The summed E-state index contributed by atoms with van der Waals surface area (Å²) in [6.07, 6.45) is 8.61. The Morgan fingerprint density at radius 2 is 1.53 bits per heavy atom. The molecule has 0 radical (unpaired) electrons. The molecule has 0 saturated heterocycles. The third-order valence-corrected chi connectivity index (χ3v) is 4.81. The van der Waals surface area contributed by atoms with Crippen molar-refractivity contribution < 1.29 is 0 Å². The van der Waals surface area contributed by atoms with Crippen LogP contribution in [-0.4, -0.2) is 9.52 Å². The predicted octanol–water partition coefficient (Wildman–Crippen LogP) is 3.26. The van der Waals surface area contributed by atoms with Gasteiger partial charge in [0.25, 0.3) is 0 Å². The molecule has 0 aliphatic rings. The zero-order valence-electron chi connectivity index (χ0n) is 10.0. The number of unbranched alkanes of at least 4 members (excludes halogenated alkanes) is 5. The molecule has 1 rings (SSSR count). The molecule has 0 N–H and O–H groups in total. The summed E-state index contributed by atoms with van der Waals surface area (Å²) >= 11 is 0. The van der Waals surface area contributed by atoms with Gasteiger partial charge in [-0.1, -0.05) is 87.0 Å². The van der Waals surface area contributed by atoms with Gasteiger partial charge < -0.3 is 0 Å². The van der Waals surface area contributed by atoms with E-state index in [0.717, 1.165) is 0 Å². The molecule has 1 heteroatoms. The number of hydrogen-bond donors (Lipinski definition) is 0. The highest BCUT2D eigenvalue weighted by Crippen LogP contribution is 2.06. The molecule has 0 saturated carbocycles. The summed E-state index contributed by atoms with van der Waals surface area (Å²) < 4.78 is 0. The third-order valence-electron chi connectivity index (χ3n) is 2.91. The van der Waals surface area contributed by atoms with Crippen molar-refractivity contribution in [3.8, 4) is 0 Å². The molecule has 0 fully saturated rings. The van der Waals surface area contributed by atoms with E-state index in [1.165, 1.54) is 44.6 Å². The van der Waals surface area contributed by atoms with Gasteiger partial charge in [-0.25, -0.2) is 0 Å². The van der Waals surface area contributed by atoms with Gasteiger partial charge in [-0.2, -0.15) is 0 Å². The van der Waals surface area contributed by atoms with Crippen LogP contribution in [0.4, 0.5) is 0 Å². The van der Waals surface area contributed by atoms with E-state index in [1.54, 1.807) is 5.19 Å². The van der Waals surface area contributed by atoms with Gasteiger partial charge in [0, 0.05) is 0 Å². The van der Waals surface area contributed by atoms with Crippen molar-refractivity contribution in [2.45, 2.75) is 51.5 Å². The monoisotopic (exact) mass is 220 g/mol. The lowest BCUT2D eigenvalue weighted by atomic mass is 10.1. The van der Waals surface area contributed by atoms with Crippen molar-refractivity contribution in [2.75, 3.05) is 0 Å². The maximum atomic E-state index is 2.29. The molecule has 0 bridgehead atoms. The fraction of sp³-hybridized carbons (Fsp3) is 0.571. The largest absolute Gasteiger partial charge is 0.0669 e. The molecular formula is C14H24Si. The molecule has 0 aliphatic heterocycles. The Balaban J connectivity index is 1.93. The normalized spacial score (nSPS) is 11.3.